The van der Waals surface area contributed by atoms with Gasteiger partial charge in [0.2, 0.25) is 11.8 Å². The SMILES string of the molecule is O=C(CSc1ccccc1)NN(NC(=O)Cc1ccccc1)C(=O)COc1ccccc1. The van der Waals surface area contributed by atoms with Gasteiger partial charge in [-0.1, -0.05) is 66.7 Å². The highest BCUT2D eigenvalue weighted by molar-refractivity contribution is 8.00. The van der Waals surface area contributed by atoms with Gasteiger partial charge in [0.05, 0.1) is 12.2 Å². The van der Waals surface area contributed by atoms with Crippen LogP contribution in [0.15, 0.2) is 95.9 Å². The number of benzene rings is 3. The molecule has 0 saturated heterocycles. The van der Waals surface area contributed by atoms with Gasteiger partial charge in [-0.25, -0.2) is 10.9 Å². The maximum atomic E-state index is 12.7. The van der Waals surface area contributed by atoms with Gasteiger partial charge in [-0.15, -0.1) is 11.8 Å². The van der Waals surface area contributed by atoms with Gasteiger partial charge in [0, 0.05) is 4.90 Å². The minimum atomic E-state index is -0.617. The van der Waals surface area contributed by atoms with Crippen molar-refractivity contribution < 1.29 is 19.1 Å². The van der Waals surface area contributed by atoms with Crippen LogP contribution in [-0.4, -0.2) is 35.2 Å². The van der Waals surface area contributed by atoms with E-state index in [2.05, 4.69) is 10.9 Å². The lowest BCUT2D eigenvalue weighted by Gasteiger charge is -2.23. The Morgan fingerprint density at radius 2 is 1.31 bits per heavy atom. The number of carbonyl (C=O) groups is 3. The average molecular weight is 450 g/mol. The number of thioether (sulfide) groups is 1. The minimum absolute atomic E-state index is 0.0544. The molecular weight excluding hydrogens is 426 g/mol. The Bertz CT molecular complexity index is 1020. The Hall–Kier alpha value is -3.78. The van der Waals surface area contributed by atoms with Crippen molar-refractivity contribution in [3.8, 4) is 5.75 Å². The van der Waals surface area contributed by atoms with Gasteiger partial charge in [-0.05, 0) is 29.8 Å². The molecule has 0 aliphatic rings. The summed E-state index contributed by atoms with van der Waals surface area (Å²) in [6, 6.07) is 27.3. The van der Waals surface area contributed by atoms with E-state index in [0.29, 0.717) is 5.75 Å². The zero-order valence-corrected chi connectivity index (χ0v) is 18.1. The molecule has 0 spiro atoms. The van der Waals surface area contributed by atoms with Crippen LogP contribution in [0.1, 0.15) is 5.56 Å². The average Bonchev–Trinajstić information content (AvgIpc) is 2.83. The second-order valence-corrected chi connectivity index (χ2v) is 7.71. The summed E-state index contributed by atoms with van der Waals surface area (Å²) in [5.41, 5.74) is 5.69. The van der Waals surface area contributed by atoms with E-state index in [1.54, 1.807) is 36.4 Å². The minimum Gasteiger partial charge on any atom is -0.484 e. The standard InChI is InChI=1S/C24H23N3O4S/c28-22(16-19-10-4-1-5-11-19)25-27(24(30)17-31-20-12-6-2-7-13-20)26-23(29)18-32-21-14-8-3-9-15-21/h1-15H,16-18H2,(H,25,28)(H,26,29). The molecule has 7 nitrogen and oxygen atoms in total. The molecule has 0 unspecified atom stereocenters. The fraction of sp³-hybridized carbons (Fsp3) is 0.125. The first-order valence-electron chi connectivity index (χ1n) is 9.92. The second-order valence-electron chi connectivity index (χ2n) is 6.66. The Morgan fingerprint density at radius 1 is 0.750 bits per heavy atom. The molecule has 0 saturated carbocycles. The van der Waals surface area contributed by atoms with Crippen LogP contribution in [0.4, 0.5) is 0 Å². The molecule has 3 rings (SSSR count). The fourth-order valence-corrected chi connectivity index (χ4v) is 3.36. The zero-order valence-electron chi connectivity index (χ0n) is 17.3. The number of amides is 3. The molecule has 32 heavy (non-hydrogen) atoms. The number of hydrogen-bond acceptors (Lipinski definition) is 5. The molecule has 0 heterocycles. The highest BCUT2D eigenvalue weighted by Crippen LogP contribution is 2.16. The van der Waals surface area contributed by atoms with E-state index in [4.69, 9.17) is 4.74 Å². The van der Waals surface area contributed by atoms with Crippen molar-refractivity contribution in [2.75, 3.05) is 12.4 Å². The summed E-state index contributed by atoms with van der Waals surface area (Å²) in [6.45, 7) is -0.359. The van der Waals surface area contributed by atoms with Gasteiger partial charge in [-0.2, -0.15) is 5.12 Å². The first kappa shape index (κ1) is 22.9. The van der Waals surface area contributed by atoms with E-state index in [9.17, 15) is 14.4 Å². The molecule has 3 amide bonds. The van der Waals surface area contributed by atoms with Crippen LogP contribution in [0.25, 0.3) is 0 Å². The normalized spacial score (nSPS) is 10.1. The maximum absolute atomic E-state index is 12.7. The predicted octanol–water partition coefficient (Wildman–Crippen LogP) is 2.99. The molecular formula is C24H23N3O4S. The highest BCUT2D eigenvalue weighted by Gasteiger charge is 2.20. The van der Waals surface area contributed by atoms with E-state index in [-0.39, 0.29) is 18.8 Å². The smallest absolute Gasteiger partial charge is 0.298 e. The van der Waals surface area contributed by atoms with Crippen LogP contribution < -0.4 is 15.6 Å². The lowest BCUT2D eigenvalue weighted by molar-refractivity contribution is -0.151. The zero-order chi connectivity index (χ0) is 22.6. The predicted molar refractivity (Wildman–Crippen MR) is 122 cm³/mol. The Morgan fingerprint density at radius 3 is 1.97 bits per heavy atom. The third kappa shape index (κ3) is 7.81. The summed E-state index contributed by atoms with van der Waals surface area (Å²) in [5, 5.41) is 0.794. The van der Waals surface area contributed by atoms with E-state index in [1.807, 2.05) is 54.6 Å². The molecule has 3 aromatic rings. The van der Waals surface area contributed by atoms with Crippen molar-refractivity contribution in [1.29, 1.82) is 0 Å². The first-order chi connectivity index (χ1) is 15.6. The van der Waals surface area contributed by atoms with E-state index in [1.165, 1.54) is 11.8 Å². The summed E-state index contributed by atoms with van der Waals surface area (Å²) >= 11 is 1.32. The van der Waals surface area contributed by atoms with Gasteiger partial charge in [0.25, 0.3) is 5.91 Å². The summed E-state index contributed by atoms with van der Waals surface area (Å²) < 4.78 is 5.46. The van der Waals surface area contributed by atoms with E-state index >= 15 is 0 Å². The Balaban J connectivity index is 1.60. The summed E-state index contributed by atoms with van der Waals surface area (Å²) in [7, 11) is 0. The third-order valence-corrected chi connectivity index (χ3v) is 5.16. The largest absolute Gasteiger partial charge is 0.484 e. The molecule has 0 aliphatic carbocycles. The Kier molecular flexibility index (Phi) is 8.70. The van der Waals surface area contributed by atoms with Crippen LogP contribution in [-0.2, 0) is 20.8 Å². The van der Waals surface area contributed by atoms with Crippen molar-refractivity contribution in [2.45, 2.75) is 11.3 Å². The van der Waals surface area contributed by atoms with Crippen molar-refractivity contribution in [3.05, 3.63) is 96.6 Å². The molecule has 0 fully saturated rings. The lowest BCUT2D eigenvalue weighted by Crippen LogP contribution is -2.58. The number of para-hydroxylation sites is 1. The third-order valence-electron chi connectivity index (χ3n) is 4.15. The monoisotopic (exact) mass is 449 g/mol. The van der Waals surface area contributed by atoms with Crippen LogP contribution in [0.5, 0.6) is 5.75 Å². The number of nitrogens with zero attached hydrogens (tertiary/aromatic N) is 1. The molecule has 0 atom stereocenters. The van der Waals surface area contributed by atoms with Crippen LogP contribution in [0, 0.1) is 0 Å². The number of hydrazine groups is 2. The summed E-state index contributed by atoms with van der Waals surface area (Å²) in [4.78, 5) is 38.5. The van der Waals surface area contributed by atoms with Crippen LogP contribution in [0.3, 0.4) is 0 Å². The summed E-state index contributed by atoms with van der Waals surface area (Å²) in [6.07, 6.45) is 0.0544. The highest BCUT2D eigenvalue weighted by atomic mass is 32.2. The van der Waals surface area contributed by atoms with Crippen molar-refractivity contribution in [3.63, 3.8) is 0 Å². The molecule has 0 aromatic heterocycles. The van der Waals surface area contributed by atoms with E-state index in [0.717, 1.165) is 15.6 Å². The summed E-state index contributed by atoms with van der Waals surface area (Å²) in [5.74, 6) is -0.926. The number of rotatable bonds is 8. The number of carbonyl (C=O) groups excluding carboxylic acids is 3. The maximum Gasteiger partial charge on any atom is 0.298 e. The van der Waals surface area contributed by atoms with Gasteiger partial charge in [0.1, 0.15) is 5.75 Å². The van der Waals surface area contributed by atoms with Gasteiger partial charge in [0.15, 0.2) is 6.61 Å². The van der Waals surface area contributed by atoms with Gasteiger partial charge in [-0.3, -0.25) is 14.4 Å². The molecule has 8 heteroatoms. The fourth-order valence-electron chi connectivity index (χ4n) is 2.65. The van der Waals surface area contributed by atoms with E-state index < -0.39 is 17.7 Å². The van der Waals surface area contributed by atoms with Crippen molar-refractivity contribution >= 4 is 29.5 Å². The molecule has 3 aromatic carbocycles. The molecule has 0 bridgehead atoms. The molecule has 164 valence electrons. The first-order valence-corrected chi connectivity index (χ1v) is 10.9. The topological polar surface area (TPSA) is 87.7 Å². The lowest BCUT2D eigenvalue weighted by atomic mass is 10.1. The van der Waals surface area contributed by atoms with Gasteiger partial charge >= 0.3 is 0 Å². The quantitative estimate of drug-likeness (QED) is 0.408. The molecule has 0 aliphatic heterocycles. The van der Waals surface area contributed by atoms with Gasteiger partial charge < -0.3 is 4.74 Å². The van der Waals surface area contributed by atoms with Crippen molar-refractivity contribution in [2.24, 2.45) is 0 Å². The van der Waals surface area contributed by atoms with Crippen molar-refractivity contribution in [1.82, 2.24) is 16.0 Å². The van der Waals surface area contributed by atoms with Crippen LogP contribution in [0.2, 0.25) is 0 Å². The molecule has 2 N–H and O–H groups in total. The Labute approximate surface area is 190 Å². The van der Waals surface area contributed by atoms with Crippen LogP contribution >= 0.6 is 11.8 Å². The number of ether oxygens (including phenoxy) is 1. The molecule has 0 radical (unpaired) electrons. The number of hydrogen-bond donors (Lipinski definition) is 2. The number of nitrogens with one attached hydrogen (secondary N) is 2. The second kappa shape index (κ2) is 12.2.